The molecule has 0 bridgehead atoms. The fourth-order valence-electron chi connectivity index (χ4n) is 3.52. The number of esters is 1. The van der Waals surface area contributed by atoms with Gasteiger partial charge in [-0.05, 0) is 23.3 Å². The van der Waals surface area contributed by atoms with E-state index < -0.39 is 38.9 Å². The highest BCUT2D eigenvalue weighted by molar-refractivity contribution is 7.92. The number of nitrogens with one attached hydrogen (secondary N) is 1. The second-order valence-electron chi connectivity index (χ2n) is 6.95. The number of methoxy groups -OCH3 is 1. The van der Waals surface area contributed by atoms with Gasteiger partial charge < -0.3 is 15.2 Å². The van der Waals surface area contributed by atoms with Crippen LogP contribution in [0.1, 0.15) is 11.3 Å². The fourth-order valence-corrected chi connectivity index (χ4v) is 5.51. The van der Waals surface area contributed by atoms with E-state index in [0.717, 1.165) is 4.90 Å². The maximum Gasteiger partial charge on any atom is 0.355 e. The van der Waals surface area contributed by atoms with Gasteiger partial charge in [-0.1, -0.05) is 12.1 Å². The maximum atomic E-state index is 12.9. The van der Waals surface area contributed by atoms with Crippen LogP contribution in [-0.2, 0) is 37.2 Å². The van der Waals surface area contributed by atoms with Crippen molar-refractivity contribution in [1.29, 1.82) is 0 Å². The molecule has 30 heavy (non-hydrogen) atoms. The van der Waals surface area contributed by atoms with Gasteiger partial charge in [0, 0.05) is 6.42 Å². The van der Waals surface area contributed by atoms with Crippen LogP contribution >= 0.6 is 0 Å². The third-order valence-electron chi connectivity index (χ3n) is 4.99. The Labute approximate surface area is 171 Å². The van der Waals surface area contributed by atoms with E-state index in [1.807, 2.05) is 0 Å². The van der Waals surface area contributed by atoms with Gasteiger partial charge in [-0.15, -0.1) is 0 Å². The number of fused-ring (bicyclic) bond motifs is 1. The van der Waals surface area contributed by atoms with Gasteiger partial charge in [0.15, 0.2) is 15.2 Å². The molecule has 2 aromatic rings. The second kappa shape index (κ2) is 7.54. The summed E-state index contributed by atoms with van der Waals surface area (Å²) in [6.07, 6.45) is 1.43. The van der Waals surface area contributed by atoms with Crippen molar-refractivity contribution in [2.24, 2.45) is 5.73 Å². The lowest BCUT2D eigenvalue weighted by Crippen LogP contribution is -2.73. The molecule has 0 spiro atoms. The smallest absolute Gasteiger partial charge is 0.355 e. The van der Waals surface area contributed by atoms with Crippen molar-refractivity contribution in [1.82, 2.24) is 20.3 Å². The Morgan fingerprint density at radius 1 is 1.33 bits per heavy atom. The van der Waals surface area contributed by atoms with Gasteiger partial charge in [0.25, 0.3) is 0 Å². The van der Waals surface area contributed by atoms with Crippen molar-refractivity contribution in [3.63, 3.8) is 0 Å². The van der Waals surface area contributed by atoms with Gasteiger partial charge in [0.05, 0.1) is 24.8 Å². The summed E-state index contributed by atoms with van der Waals surface area (Å²) in [5, 5.41) is 8.75. The largest absolute Gasteiger partial charge is 0.497 e. The first kappa shape index (κ1) is 20.0. The molecule has 11 nitrogen and oxygen atoms in total. The molecule has 1 aromatic heterocycles. The Morgan fingerprint density at radius 3 is 2.70 bits per heavy atom. The summed E-state index contributed by atoms with van der Waals surface area (Å²) in [6.45, 7) is -0.0604. The first-order valence-corrected chi connectivity index (χ1v) is 10.7. The van der Waals surface area contributed by atoms with Crippen LogP contribution in [0.5, 0.6) is 5.75 Å². The molecule has 12 heteroatoms. The van der Waals surface area contributed by atoms with E-state index in [0.29, 0.717) is 17.0 Å². The van der Waals surface area contributed by atoms with Gasteiger partial charge in [0.1, 0.15) is 24.1 Å². The molecular weight excluding hydrogens is 414 g/mol. The summed E-state index contributed by atoms with van der Waals surface area (Å²) in [5.41, 5.74) is 6.94. The molecule has 158 valence electrons. The van der Waals surface area contributed by atoms with Crippen molar-refractivity contribution in [3.05, 3.63) is 53.0 Å². The number of aromatic nitrogens is 3. The second-order valence-corrected chi connectivity index (χ2v) is 9.04. The number of β-lactam (4-membered cyclic amide) rings is 1. The summed E-state index contributed by atoms with van der Waals surface area (Å²) in [5.74, 6) is -1.21. The molecule has 1 saturated heterocycles. The lowest BCUT2D eigenvalue weighted by Gasteiger charge is -2.47. The minimum atomic E-state index is -3.76. The number of nitrogens with two attached hydrogens (primary N) is 1. The Bertz CT molecular complexity index is 1110. The van der Waals surface area contributed by atoms with Gasteiger partial charge in [-0.25, -0.2) is 13.2 Å². The van der Waals surface area contributed by atoms with E-state index in [4.69, 9.17) is 15.2 Å². The van der Waals surface area contributed by atoms with Crippen molar-refractivity contribution in [2.75, 3.05) is 12.9 Å². The van der Waals surface area contributed by atoms with E-state index in [-0.39, 0.29) is 24.3 Å². The average molecular weight is 433 g/mol. The van der Waals surface area contributed by atoms with Crippen LogP contribution in [0.15, 0.2) is 41.7 Å². The van der Waals surface area contributed by atoms with Crippen molar-refractivity contribution >= 4 is 21.7 Å². The molecule has 1 fully saturated rings. The highest BCUT2D eigenvalue weighted by atomic mass is 32.2. The summed E-state index contributed by atoms with van der Waals surface area (Å²) in [4.78, 5) is 26.2. The zero-order valence-electron chi connectivity index (χ0n) is 15.9. The third-order valence-corrected chi connectivity index (χ3v) is 6.98. The molecule has 2 atom stereocenters. The van der Waals surface area contributed by atoms with E-state index in [1.54, 1.807) is 31.4 Å². The average Bonchev–Trinajstić information content (AvgIpc) is 3.24. The molecule has 4 rings (SSSR count). The Kier molecular flexibility index (Phi) is 5.03. The quantitative estimate of drug-likeness (QED) is 0.443. The zero-order chi connectivity index (χ0) is 21.5. The van der Waals surface area contributed by atoms with Crippen molar-refractivity contribution < 1.29 is 27.5 Å². The summed E-state index contributed by atoms with van der Waals surface area (Å²) >= 11 is 0. The van der Waals surface area contributed by atoms with Crippen molar-refractivity contribution in [2.45, 2.75) is 24.4 Å². The van der Waals surface area contributed by atoms with Crippen LogP contribution in [0.2, 0.25) is 0 Å². The Balaban J connectivity index is 1.63. The maximum absolute atomic E-state index is 12.9. The third kappa shape index (κ3) is 3.44. The Morgan fingerprint density at radius 2 is 2.07 bits per heavy atom. The minimum absolute atomic E-state index is 0.0223. The molecule has 2 aliphatic heterocycles. The highest BCUT2D eigenvalue weighted by Crippen LogP contribution is 2.37. The van der Waals surface area contributed by atoms with Crippen molar-refractivity contribution in [3.8, 4) is 5.75 Å². The predicted octanol–water partition coefficient (Wildman–Crippen LogP) is -0.723. The highest BCUT2D eigenvalue weighted by Gasteiger charge is 2.58. The molecule has 0 radical (unpaired) electrons. The van der Waals surface area contributed by atoms with Gasteiger partial charge in [-0.3, -0.25) is 9.69 Å². The fraction of sp³-hybridized carbons (Fsp3) is 0.333. The summed E-state index contributed by atoms with van der Waals surface area (Å²) < 4.78 is 35.7. The topological polar surface area (TPSA) is 158 Å². The standard InChI is InChI=1S/C18H19N5O6S/c1-28-13-4-2-10(3-5-13)8-29-18(25)15-11(6-12-7-20-22-21-12)9-30(26,27)17-14(19)16(24)23(15)17/h2-5,7,14,17H,6,8-9,19H2,1H3,(H,20,21,22)/t14-,17+/m1/s1. The molecule has 0 saturated carbocycles. The van der Waals surface area contributed by atoms with E-state index in [1.165, 1.54) is 6.20 Å². The lowest BCUT2D eigenvalue weighted by atomic mass is 10.0. The number of H-pyrrole nitrogens is 1. The number of amides is 1. The number of benzene rings is 1. The van der Waals surface area contributed by atoms with Crippen LogP contribution in [0.4, 0.5) is 0 Å². The number of rotatable bonds is 6. The van der Waals surface area contributed by atoms with Crippen LogP contribution in [0.25, 0.3) is 0 Å². The lowest BCUT2D eigenvalue weighted by molar-refractivity contribution is -0.151. The normalized spacial score (nSPS) is 22.3. The monoisotopic (exact) mass is 433 g/mol. The molecule has 0 unspecified atom stereocenters. The molecular formula is C18H19N5O6S. The van der Waals surface area contributed by atoms with E-state index in [9.17, 15) is 18.0 Å². The van der Waals surface area contributed by atoms with Crippen LogP contribution in [0, 0.1) is 0 Å². The summed E-state index contributed by atoms with van der Waals surface area (Å²) in [7, 11) is -2.22. The van der Waals surface area contributed by atoms with Gasteiger partial charge >= 0.3 is 5.97 Å². The molecule has 1 amide bonds. The molecule has 3 heterocycles. The number of hydrogen-bond acceptors (Lipinski definition) is 9. The molecule has 2 aliphatic rings. The number of ether oxygens (including phenoxy) is 2. The van der Waals surface area contributed by atoms with Crippen LogP contribution in [0.3, 0.4) is 0 Å². The number of hydrogen-bond donors (Lipinski definition) is 2. The molecule has 3 N–H and O–H groups in total. The molecule has 1 aromatic carbocycles. The number of nitrogens with zero attached hydrogens (tertiary/aromatic N) is 3. The summed E-state index contributed by atoms with van der Waals surface area (Å²) in [6, 6.07) is 5.71. The van der Waals surface area contributed by atoms with E-state index in [2.05, 4.69) is 15.4 Å². The SMILES string of the molecule is COc1ccc(COC(=O)C2=C(Cc3cn[nH]n3)CS(=O)(=O)[C@H]3[C@H](N)C(=O)N23)cc1. The van der Waals surface area contributed by atoms with Crippen LogP contribution < -0.4 is 10.5 Å². The first-order chi connectivity index (χ1) is 14.3. The Hall–Kier alpha value is -3.25. The number of carbonyl (C=O) groups excluding carboxylic acids is 2. The molecule has 0 aliphatic carbocycles. The van der Waals surface area contributed by atoms with Crippen LogP contribution in [-0.4, -0.2) is 64.9 Å². The minimum Gasteiger partial charge on any atom is -0.497 e. The predicted molar refractivity (Wildman–Crippen MR) is 102 cm³/mol. The number of carbonyl (C=O) groups is 2. The van der Waals surface area contributed by atoms with Gasteiger partial charge in [-0.2, -0.15) is 15.4 Å². The first-order valence-electron chi connectivity index (χ1n) is 8.99. The van der Waals surface area contributed by atoms with Gasteiger partial charge in [0.2, 0.25) is 5.91 Å². The number of sulfone groups is 1. The number of aromatic amines is 1. The zero-order valence-corrected chi connectivity index (χ0v) is 16.8. The van der Waals surface area contributed by atoms with E-state index >= 15 is 0 Å².